The molecule has 0 radical (unpaired) electrons. The summed E-state index contributed by atoms with van der Waals surface area (Å²) in [5.74, 6) is 0. The van der Waals surface area contributed by atoms with E-state index < -0.39 is 0 Å². The van der Waals surface area contributed by atoms with Gasteiger partial charge < -0.3 is 4.90 Å². The topological polar surface area (TPSA) is 27.5 Å². The van der Waals surface area contributed by atoms with Gasteiger partial charge in [0.2, 0.25) is 0 Å². The van der Waals surface area contributed by atoms with Crippen LogP contribution < -0.4 is 4.90 Å². The molecule has 0 saturated carbocycles. The van der Waals surface area contributed by atoms with E-state index in [2.05, 4.69) is 74.4 Å². The van der Waals surface area contributed by atoms with Crippen LogP contribution in [0.4, 0.5) is 5.69 Å². The van der Waals surface area contributed by atoms with Crippen LogP contribution in [0.3, 0.4) is 0 Å². The normalized spacial score (nSPS) is 21.1. The molecule has 2 aromatic carbocycles. The molecule has 0 amide bonds. The number of likely N-dealkylation sites (tertiary alicyclic amines) is 1. The van der Waals surface area contributed by atoms with Gasteiger partial charge in [-0.25, -0.2) is 4.68 Å². The fourth-order valence-electron chi connectivity index (χ4n) is 4.89. The second-order valence-corrected chi connectivity index (χ2v) is 8.51. The van der Waals surface area contributed by atoms with Crippen molar-refractivity contribution in [3.05, 3.63) is 78.6 Å². The standard InChI is InChI=1S/C25H31N5/c1-2-6-23(7-3-1)28-16-18-29(19-17-28)25-8-4-14-27(21-25)20-22-9-11-24(12-10-22)30-15-5-13-26-30/h1-3,5-7,9-13,15,25H,4,8,14,16-21H2. The maximum absolute atomic E-state index is 4.32. The van der Waals surface area contributed by atoms with Crippen LogP contribution in [0.2, 0.25) is 0 Å². The molecule has 30 heavy (non-hydrogen) atoms. The van der Waals surface area contributed by atoms with Crippen molar-refractivity contribution in [3.63, 3.8) is 0 Å². The number of para-hydroxylation sites is 1. The lowest BCUT2D eigenvalue weighted by Gasteiger charge is -2.44. The largest absolute Gasteiger partial charge is 0.369 e. The van der Waals surface area contributed by atoms with Crippen molar-refractivity contribution < 1.29 is 0 Å². The van der Waals surface area contributed by atoms with Crippen LogP contribution in [-0.4, -0.2) is 64.9 Å². The molecule has 1 unspecified atom stereocenters. The highest BCUT2D eigenvalue weighted by Gasteiger charge is 2.28. The van der Waals surface area contributed by atoms with E-state index in [-0.39, 0.29) is 0 Å². The van der Waals surface area contributed by atoms with Crippen LogP contribution in [0.15, 0.2) is 73.1 Å². The molecule has 0 aliphatic carbocycles. The van der Waals surface area contributed by atoms with Gasteiger partial charge in [0.05, 0.1) is 5.69 Å². The summed E-state index contributed by atoms with van der Waals surface area (Å²) in [6, 6.07) is 22.3. The number of hydrogen-bond acceptors (Lipinski definition) is 4. The molecule has 3 heterocycles. The van der Waals surface area contributed by atoms with Gasteiger partial charge in [0.25, 0.3) is 0 Å². The molecule has 5 nitrogen and oxygen atoms in total. The van der Waals surface area contributed by atoms with E-state index >= 15 is 0 Å². The molecule has 2 saturated heterocycles. The number of hydrogen-bond donors (Lipinski definition) is 0. The Morgan fingerprint density at radius 2 is 1.60 bits per heavy atom. The van der Waals surface area contributed by atoms with Gasteiger partial charge in [-0.2, -0.15) is 5.10 Å². The minimum atomic E-state index is 0.694. The summed E-state index contributed by atoms with van der Waals surface area (Å²) in [7, 11) is 0. The van der Waals surface area contributed by atoms with Crippen molar-refractivity contribution in [1.82, 2.24) is 19.6 Å². The first-order valence-electron chi connectivity index (χ1n) is 11.2. The minimum Gasteiger partial charge on any atom is -0.369 e. The lowest BCUT2D eigenvalue weighted by Crippen LogP contribution is -2.55. The maximum atomic E-state index is 4.32. The van der Waals surface area contributed by atoms with Crippen LogP contribution in [0, 0.1) is 0 Å². The zero-order valence-corrected chi connectivity index (χ0v) is 17.6. The lowest BCUT2D eigenvalue weighted by molar-refractivity contribution is 0.0888. The number of aromatic nitrogens is 2. The van der Waals surface area contributed by atoms with E-state index in [9.17, 15) is 0 Å². The van der Waals surface area contributed by atoms with E-state index in [0.717, 1.165) is 25.3 Å². The molecule has 5 heteroatoms. The van der Waals surface area contributed by atoms with Crippen LogP contribution in [0.25, 0.3) is 5.69 Å². The first kappa shape index (κ1) is 19.3. The maximum Gasteiger partial charge on any atom is 0.0645 e. The SMILES string of the molecule is c1ccc(N2CCN(C3CCCN(Cc4ccc(-n5cccn5)cc4)C3)CC2)cc1. The van der Waals surface area contributed by atoms with Crippen LogP contribution in [0.5, 0.6) is 0 Å². The highest BCUT2D eigenvalue weighted by Crippen LogP contribution is 2.22. The fraction of sp³-hybridized carbons (Fsp3) is 0.400. The summed E-state index contributed by atoms with van der Waals surface area (Å²) < 4.78 is 1.91. The average Bonchev–Trinajstić information content (AvgIpc) is 3.36. The van der Waals surface area contributed by atoms with E-state index in [1.54, 1.807) is 0 Å². The molecule has 2 aliphatic rings. The number of anilines is 1. The van der Waals surface area contributed by atoms with E-state index in [4.69, 9.17) is 0 Å². The molecular formula is C25H31N5. The van der Waals surface area contributed by atoms with Gasteiger partial charge in [-0.1, -0.05) is 30.3 Å². The molecule has 2 fully saturated rings. The minimum absolute atomic E-state index is 0.694. The van der Waals surface area contributed by atoms with Crippen LogP contribution in [0.1, 0.15) is 18.4 Å². The summed E-state index contributed by atoms with van der Waals surface area (Å²) in [6.07, 6.45) is 6.44. The van der Waals surface area contributed by atoms with Crippen LogP contribution in [-0.2, 0) is 6.54 Å². The fourth-order valence-corrected chi connectivity index (χ4v) is 4.89. The van der Waals surface area contributed by atoms with E-state index in [0.29, 0.717) is 6.04 Å². The summed E-state index contributed by atoms with van der Waals surface area (Å²) in [5.41, 5.74) is 3.87. The third kappa shape index (κ3) is 4.42. The molecule has 0 spiro atoms. The monoisotopic (exact) mass is 401 g/mol. The predicted octanol–water partition coefficient (Wildman–Crippen LogP) is 3.66. The van der Waals surface area contributed by atoms with Crippen molar-refractivity contribution in [2.75, 3.05) is 44.2 Å². The molecular weight excluding hydrogens is 370 g/mol. The van der Waals surface area contributed by atoms with E-state index in [1.807, 2.05) is 23.1 Å². The van der Waals surface area contributed by atoms with Crippen molar-refractivity contribution in [2.45, 2.75) is 25.4 Å². The quantitative estimate of drug-likeness (QED) is 0.652. The summed E-state index contributed by atoms with van der Waals surface area (Å²) >= 11 is 0. The van der Waals surface area contributed by atoms with E-state index in [1.165, 1.54) is 50.3 Å². The second kappa shape index (κ2) is 9.02. The molecule has 5 rings (SSSR count). The lowest BCUT2D eigenvalue weighted by atomic mass is 10.0. The Kier molecular flexibility index (Phi) is 5.82. The second-order valence-electron chi connectivity index (χ2n) is 8.51. The Labute approximate surface area is 179 Å². The Morgan fingerprint density at radius 3 is 2.33 bits per heavy atom. The number of rotatable bonds is 5. The zero-order valence-electron chi connectivity index (χ0n) is 17.6. The van der Waals surface area contributed by atoms with Gasteiger partial charge in [-0.3, -0.25) is 9.80 Å². The summed E-state index contributed by atoms with van der Waals surface area (Å²) in [6.45, 7) is 8.05. The van der Waals surface area contributed by atoms with Gasteiger partial charge in [-0.05, 0) is 55.3 Å². The molecule has 156 valence electrons. The Bertz CT molecular complexity index is 898. The first-order chi connectivity index (χ1) is 14.8. The summed E-state index contributed by atoms with van der Waals surface area (Å²) in [5, 5.41) is 4.32. The first-order valence-corrected chi connectivity index (χ1v) is 11.2. The van der Waals surface area contributed by atoms with Crippen molar-refractivity contribution >= 4 is 5.69 Å². The molecule has 0 N–H and O–H groups in total. The highest BCUT2D eigenvalue weighted by molar-refractivity contribution is 5.46. The predicted molar refractivity (Wildman–Crippen MR) is 122 cm³/mol. The number of piperidine rings is 1. The third-order valence-electron chi connectivity index (χ3n) is 6.54. The number of nitrogens with zero attached hydrogens (tertiary/aromatic N) is 5. The van der Waals surface area contributed by atoms with Crippen molar-refractivity contribution in [1.29, 1.82) is 0 Å². The number of benzene rings is 2. The molecule has 1 aromatic heterocycles. The highest BCUT2D eigenvalue weighted by atomic mass is 15.3. The van der Waals surface area contributed by atoms with Crippen molar-refractivity contribution in [2.24, 2.45) is 0 Å². The molecule has 3 aromatic rings. The average molecular weight is 402 g/mol. The molecule has 0 bridgehead atoms. The number of piperazine rings is 1. The smallest absolute Gasteiger partial charge is 0.0645 e. The van der Waals surface area contributed by atoms with Gasteiger partial charge in [0, 0.05) is 63.4 Å². The van der Waals surface area contributed by atoms with Gasteiger partial charge in [0.15, 0.2) is 0 Å². The Morgan fingerprint density at radius 1 is 0.800 bits per heavy atom. The molecule has 2 aliphatic heterocycles. The van der Waals surface area contributed by atoms with Crippen LogP contribution >= 0.6 is 0 Å². The zero-order chi connectivity index (χ0) is 20.2. The van der Waals surface area contributed by atoms with Gasteiger partial charge in [0.1, 0.15) is 0 Å². The van der Waals surface area contributed by atoms with Gasteiger partial charge >= 0.3 is 0 Å². The third-order valence-corrected chi connectivity index (χ3v) is 6.54. The van der Waals surface area contributed by atoms with Crippen molar-refractivity contribution in [3.8, 4) is 5.69 Å². The summed E-state index contributed by atoms with van der Waals surface area (Å²) in [4.78, 5) is 7.89. The Hall–Kier alpha value is -2.63. The molecule has 1 atom stereocenters. The van der Waals surface area contributed by atoms with Gasteiger partial charge in [-0.15, -0.1) is 0 Å². The Balaban J connectivity index is 1.15.